The fourth-order valence-corrected chi connectivity index (χ4v) is 4.02. The standard InChI is InChI=1S/C22H30N6/c1-27-11-8-18(15-27)17-6-7-20-21(12-17)26-22(14-24-20)19-13-25-28(16-19)10-5-3-2-4-9-23/h6-7,12-14,16,18H,2-5,8-11,15,23H2,1H3. The van der Waals surface area contributed by atoms with Crippen LogP contribution in [0, 0.1) is 0 Å². The number of nitrogens with two attached hydrogens (primary N) is 1. The zero-order valence-corrected chi connectivity index (χ0v) is 16.7. The van der Waals surface area contributed by atoms with Crippen LogP contribution >= 0.6 is 0 Å². The van der Waals surface area contributed by atoms with Gasteiger partial charge in [0, 0.05) is 24.8 Å². The maximum Gasteiger partial charge on any atom is 0.0924 e. The molecule has 3 heterocycles. The molecule has 2 aromatic heterocycles. The van der Waals surface area contributed by atoms with Gasteiger partial charge in [-0.25, -0.2) is 4.98 Å². The highest BCUT2D eigenvalue weighted by molar-refractivity contribution is 5.77. The minimum absolute atomic E-state index is 0.599. The predicted octanol–water partition coefficient (Wildman–Crippen LogP) is 3.43. The second-order valence-electron chi connectivity index (χ2n) is 7.95. The summed E-state index contributed by atoms with van der Waals surface area (Å²) in [6, 6.07) is 6.53. The molecule has 1 aromatic carbocycles. The van der Waals surface area contributed by atoms with E-state index in [9.17, 15) is 0 Å². The van der Waals surface area contributed by atoms with Crippen LogP contribution in [0.25, 0.3) is 22.3 Å². The van der Waals surface area contributed by atoms with E-state index < -0.39 is 0 Å². The lowest BCUT2D eigenvalue weighted by molar-refractivity contribution is 0.411. The van der Waals surface area contributed by atoms with Crippen LogP contribution in [0.15, 0.2) is 36.8 Å². The summed E-state index contributed by atoms with van der Waals surface area (Å²) < 4.78 is 2.01. The van der Waals surface area contributed by atoms with Gasteiger partial charge in [-0.3, -0.25) is 9.67 Å². The van der Waals surface area contributed by atoms with E-state index in [4.69, 9.17) is 10.7 Å². The molecule has 1 aliphatic heterocycles. The number of rotatable bonds is 8. The maximum absolute atomic E-state index is 5.55. The highest BCUT2D eigenvalue weighted by atomic mass is 15.3. The molecule has 0 radical (unpaired) electrons. The molecule has 1 atom stereocenters. The molecule has 0 amide bonds. The Labute approximate surface area is 166 Å². The smallest absolute Gasteiger partial charge is 0.0924 e. The largest absolute Gasteiger partial charge is 0.330 e. The minimum Gasteiger partial charge on any atom is -0.330 e. The van der Waals surface area contributed by atoms with E-state index in [0.717, 1.165) is 54.8 Å². The molecule has 4 rings (SSSR count). The predicted molar refractivity (Wildman–Crippen MR) is 113 cm³/mol. The average molecular weight is 379 g/mol. The Morgan fingerprint density at radius 3 is 2.82 bits per heavy atom. The van der Waals surface area contributed by atoms with E-state index in [2.05, 4.69) is 46.4 Å². The first-order valence-electron chi connectivity index (χ1n) is 10.4. The van der Waals surface area contributed by atoms with Crippen molar-refractivity contribution in [3.05, 3.63) is 42.4 Å². The molecular weight excluding hydrogens is 348 g/mol. The second kappa shape index (κ2) is 8.80. The number of likely N-dealkylation sites (N-methyl/N-ethyl adjacent to an activating group) is 1. The molecule has 6 heteroatoms. The first kappa shape index (κ1) is 19.0. The Hall–Kier alpha value is -2.31. The van der Waals surface area contributed by atoms with Crippen LogP contribution in [0.3, 0.4) is 0 Å². The summed E-state index contributed by atoms with van der Waals surface area (Å²) in [5.74, 6) is 0.599. The van der Waals surface area contributed by atoms with E-state index in [-0.39, 0.29) is 0 Å². The van der Waals surface area contributed by atoms with Gasteiger partial charge in [0.1, 0.15) is 0 Å². The topological polar surface area (TPSA) is 72.9 Å². The van der Waals surface area contributed by atoms with Gasteiger partial charge in [0.2, 0.25) is 0 Å². The lowest BCUT2D eigenvalue weighted by atomic mass is 9.98. The van der Waals surface area contributed by atoms with Crippen molar-refractivity contribution < 1.29 is 0 Å². The summed E-state index contributed by atoms with van der Waals surface area (Å²) in [7, 11) is 2.19. The third-order valence-corrected chi connectivity index (χ3v) is 5.70. The van der Waals surface area contributed by atoms with E-state index >= 15 is 0 Å². The number of nitrogens with zero attached hydrogens (tertiary/aromatic N) is 5. The van der Waals surface area contributed by atoms with E-state index in [0.29, 0.717) is 5.92 Å². The molecule has 28 heavy (non-hydrogen) atoms. The van der Waals surface area contributed by atoms with Crippen molar-refractivity contribution in [1.29, 1.82) is 0 Å². The van der Waals surface area contributed by atoms with Crippen LogP contribution < -0.4 is 5.73 Å². The lowest BCUT2D eigenvalue weighted by Crippen LogP contribution is -2.13. The van der Waals surface area contributed by atoms with Gasteiger partial charge in [-0.05, 0) is 63.0 Å². The number of unbranched alkanes of at least 4 members (excludes halogenated alkanes) is 3. The molecule has 1 saturated heterocycles. The second-order valence-corrected chi connectivity index (χ2v) is 7.95. The number of hydrogen-bond acceptors (Lipinski definition) is 5. The van der Waals surface area contributed by atoms with E-state index in [1.165, 1.54) is 31.4 Å². The Kier molecular flexibility index (Phi) is 5.98. The van der Waals surface area contributed by atoms with Crippen molar-refractivity contribution in [2.24, 2.45) is 5.73 Å². The van der Waals surface area contributed by atoms with E-state index in [1.807, 2.05) is 17.1 Å². The van der Waals surface area contributed by atoms with Crippen LogP contribution in [0.4, 0.5) is 0 Å². The number of aromatic nitrogens is 4. The first-order chi connectivity index (χ1) is 13.7. The number of aryl methyl sites for hydroxylation is 1. The summed E-state index contributed by atoms with van der Waals surface area (Å²) in [4.78, 5) is 11.9. The Morgan fingerprint density at radius 2 is 2.00 bits per heavy atom. The Morgan fingerprint density at radius 1 is 1.11 bits per heavy atom. The van der Waals surface area contributed by atoms with Crippen molar-refractivity contribution in [3.8, 4) is 11.3 Å². The molecule has 3 aromatic rings. The molecular formula is C22H30N6. The molecule has 1 fully saturated rings. The molecule has 0 saturated carbocycles. The van der Waals surface area contributed by atoms with Crippen molar-refractivity contribution >= 4 is 11.0 Å². The number of benzene rings is 1. The third-order valence-electron chi connectivity index (χ3n) is 5.70. The number of hydrogen-bond donors (Lipinski definition) is 1. The fraction of sp³-hybridized carbons (Fsp3) is 0.500. The molecule has 148 valence electrons. The van der Waals surface area contributed by atoms with Gasteiger partial charge in [0.15, 0.2) is 0 Å². The first-order valence-corrected chi connectivity index (χ1v) is 10.4. The van der Waals surface area contributed by atoms with Crippen molar-refractivity contribution in [1.82, 2.24) is 24.6 Å². The normalized spacial score (nSPS) is 17.6. The highest BCUT2D eigenvalue weighted by Crippen LogP contribution is 2.28. The molecule has 0 bridgehead atoms. The van der Waals surface area contributed by atoms with Crippen LogP contribution in [0.2, 0.25) is 0 Å². The fourth-order valence-electron chi connectivity index (χ4n) is 4.02. The summed E-state index contributed by atoms with van der Waals surface area (Å²) in [5.41, 5.74) is 10.8. The van der Waals surface area contributed by atoms with Crippen molar-refractivity contribution in [3.63, 3.8) is 0 Å². The SMILES string of the molecule is CN1CCC(c2ccc3ncc(-c4cnn(CCCCCCN)c4)nc3c2)C1. The minimum atomic E-state index is 0.599. The number of likely N-dealkylation sites (tertiary alicyclic amines) is 1. The molecule has 1 unspecified atom stereocenters. The molecule has 6 nitrogen and oxygen atoms in total. The van der Waals surface area contributed by atoms with Gasteiger partial charge in [-0.15, -0.1) is 0 Å². The van der Waals surface area contributed by atoms with Crippen molar-refractivity contribution in [2.75, 3.05) is 26.7 Å². The van der Waals surface area contributed by atoms with Gasteiger partial charge in [-0.1, -0.05) is 18.9 Å². The monoisotopic (exact) mass is 378 g/mol. The quantitative estimate of drug-likeness (QED) is 0.608. The summed E-state index contributed by atoms with van der Waals surface area (Å²) in [6.45, 7) is 4.01. The molecule has 2 N–H and O–H groups in total. The van der Waals surface area contributed by atoms with Gasteiger partial charge < -0.3 is 10.6 Å². The Bertz CT molecular complexity index is 918. The summed E-state index contributed by atoms with van der Waals surface area (Å²) in [6.07, 6.45) is 11.7. The summed E-state index contributed by atoms with van der Waals surface area (Å²) >= 11 is 0. The Balaban J connectivity index is 1.48. The van der Waals surface area contributed by atoms with Crippen LogP contribution in [-0.4, -0.2) is 51.3 Å². The zero-order valence-electron chi connectivity index (χ0n) is 16.7. The van der Waals surface area contributed by atoms with Gasteiger partial charge in [0.25, 0.3) is 0 Å². The summed E-state index contributed by atoms with van der Waals surface area (Å²) in [5, 5.41) is 4.50. The van der Waals surface area contributed by atoms with Gasteiger partial charge in [0.05, 0.1) is 29.1 Å². The highest BCUT2D eigenvalue weighted by Gasteiger charge is 2.21. The molecule has 1 aliphatic rings. The van der Waals surface area contributed by atoms with E-state index in [1.54, 1.807) is 0 Å². The van der Waals surface area contributed by atoms with Crippen LogP contribution in [-0.2, 0) is 6.54 Å². The van der Waals surface area contributed by atoms with Gasteiger partial charge in [-0.2, -0.15) is 5.10 Å². The maximum atomic E-state index is 5.55. The third kappa shape index (κ3) is 4.39. The average Bonchev–Trinajstić information content (AvgIpc) is 3.36. The van der Waals surface area contributed by atoms with Crippen LogP contribution in [0.5, 0.6) is 0 Å². The lowest BCUT2D eigenvalue weighted by Gasteiger charge is -2.11. The van der Waals surface area contributed by atoms with Crippen molar-refractivity contribution in [2.45, 2.75) is 44.6 Å². The zero-order chi connectivity index (χ0) is 19.3. The molecule has 0 spiro atoms. The van der Waals surface area contributed by atoms with Gasteiger partial charge >= 0.3 is 0 Å². The number of fused-ring (bicyclic) bond motifs is 1. The molecule has 0 aliphatic carbocycles. The van der Waals surface area contributed by atoms with Crippen LogP contribution in [0.1, 0.15) is 43.6 Å².